The number of hydrogen-bond acceptors (Lipinski definition) is 6. The molecule has 0 bridgehead atoms. The van der Waals surface area contributed by atoms with Gasteiger partial charge in [-0.15, -0.1) is 11.3 Å². The Morgan fingerprint density at radius 2 is 1.93 bits per heavy atom. The first-order valence-electron chi connectivity index (χ1n) is 9.89. The highest BCUT2D eigenvalue weighted by atomic mass is 32.1. The number of aromatic nitrogens is 1. The Bertz CT molecular complexity index is 1030. The molecule has 1 aliphatic rings. The Morgan fingerprint density at radius 1 is 1.13 bits per heavy atom. The molecule has 0 saturated heterocycles. The topological polar surface area (TPSA) is 63.7 Å². The first-order valence-corrected chi connectivity index (χ1v) is 10.8. The minimum atomic E-state index is -0.102. The van der Waals surface area contributed by atoms with Crippen molar-refractivity contribution in [2.75, 3.05) is 26.1 Å². The number of nitrogens with one attached hydrogen (secondary N) is 1. The van der Waals surface area contributed by atoms with Crippen LogP contribution in [0, 0.1) is 0 Å². The molecule has 0 spiro atoms. The lowest BCUT2D eigenvalue weighted by Crippen LogP contribution is -2.30. The van der Waals surface area contributed by atoms with Gasteiger partial charge in [-0.1, -0.05) is 30.3 Å². The van der Waals surface area contributed by atoms with E-state index in [0.717, 1.165) is 37.3 Å². The van der Waals surface area contributed by atoms with Crippen LogP contribution in [0.15, 0.2) is 47.8 Å². The van der Waals surface area contributed by atoms with Crippen molar-refractivity contribution in [3.05, 3.63) is 70.2 Å². The molecule has 1 aromatic heterocycles. The van der Waals surface area contributed by atoms with Crippen LogP contribution in [0.4, 0.5) is 5.13 Å². The van der Waals surface area contributed by atoms with Crippen LogP contribution in [0.3, 0.4) is 0 Å². The van der Waals surface area contributed by atoms with Gasteiger partial charge in [0.1, 0.15) is 0 Å². The summed E-state index contributed by atoms with van der Waals surface area (Å²) in [6.45, 7) is 2.75. The van der Waals surface area contributed by atoms with E-state index in [1.165, 1.54) is 22.5 Å². The molecule has 0 aliphatic carbocycles. The molecule has 2 heterocycles. The number of ether oxygens (including phenoxy) is 2. The molecule has 4 rings (SSSR count). The first-order chi connectivity index (χ1) is 14.6. The predicted octanol–water partition coefficient (Wildman–Crippen LogP) is 3.90. The molecule has 0 fully saturated rings. The van der Waals surface area contributed by atoms with Crippen LogP contribution in [0.5, 0.6) is 11.5 Å². The Hall–Kier alpha value is -2.90. The Balaban J connectivity index is 1.33. The minimum Gasteiger partial charge on any atom is -0.493 e. The quantitative estimate of drug-likeness (QED) is 0.624. The Labute approximate surface area is 180 Å². The molecule has 0 radical (unpaired) electrons. The molecule has 1 aliphatic heterocycles. The van der Waals surface area contributed by atoms with E-state index in [1.807, 2.05) is 17.5 Å². The van der Waals surface area contributed by atoms with Crippen molar-refractivity contribution in [1.29, 1.82) is 0 Å². The van der Waals surface area contributed by atoms with E-state index in [9.17, 15) is 4.79 Å². The highest BCUT2D eigenvalue weighted by molar-refractivity contribution is 7.13. The van der Waals surface area contributed by atoms with Crippen molar-refractivity contribution in [3.63, 3.8) is 0 Å². The van der Waals surface area contributed by atoms with E-state index in [1.54, 1.807) is 20.3 Å². The minimum absolute atomic E-state index is 0.102. The molecule has 1 N–H and O–H groups in total. The van der Waals surface area contributed by atoms with Gasteiger partial charge in [-0.25, -0.2) is 4.98 Å². The standard InChI is InChI=1S/C23H25N3O3S/c1-28-20-8-7-16(11-21(20)29-2)12-22(27)25-23-24-19(15-30-23)14-26-10-9-17-5-3-4-6-18(17)13-26/h3-8,11,15H,9-10,12-14H2,1-2H3,(H,24,25,27). The zero-order chi connectivity index (χ0) is 20.9. The fourth-order valence-corrected chi connectivity index (χ4v) is 4.41. The number of anilines is 1. The molecular formula is C23H25N3O3S. The van der Waals surface area contributed by atoms with Crippen LogP contribution in [0.1, 0.15) is 22.4 Å². The third-order valence-corrected chi connectivity index (χ3v) is 6.01. The molecule has 0 unspecified atom stereocenters. The second kappa shape index (κ2) is 9.28. The van der Waals surface area contributed by atoms with Crippen LogP contribution in [0.25, 0.3) is 0 Å². The number of hydrogen-bond donors (Lipinski definition) is 1. The van der Waals surface area contributed by atoms with Gasteiger partial charge in [-0.05, 0) is 35.2 Å². The van der Waals surface area contributed by atoms with Gasteiger partial charge in [0.05, 0.1) is 26.3 Å². The van der Waals surface area contributed by atoms with E-state index in [4.69, 9.17) is 9.47 Å². The smallest absolute Gasteiger partial charge is 0.230 e. The summed E-state index contributed by atoms with van der Waals surface area (Å²) >= 11 is 1.46. The maximum Gasteiger partial charge on any atom is 0.230 e. The van der Waals surface area contributed by atoms with Gasteiger partial charge in [0.25, 0.3) is 0 Å². The fourth-order valence-electron chi connectivity index (χ4n) is 3.69. The summed E-state index contributed by atoms with van der Waals surface area (Å²) in [5.41, 5.74) is 4.67. The van der Waals surface area contributed by atoms with E-state index < -0.39 is 0 Å². The lowest BCUT2D eigenvalue weighted by molar-refractivity contribution is -0.115. The third kappa shape index (κ3) is 4.80. The zero-order valence-corrected chi connectivity index (χ0v) is 18.0. The SMILES string of the molecule is COc1ccc(CC(=O)Nc2nc(CN3CCc4ccccc4C3)cs2)cc1OC. The highest BCUT2D eigenvalue weighted by Gasteiger charge is 2.17. The zero-order valence-electron chi connectivity index (χ0n) is 17.2. The second-order valence-electron chi connectivity index (χ2n) is 7.29. The van der Waals surface area contributed by atoms with Crippen LogP contribution >= 0.6 is 11.3 Å². The van der Waals surface area contributed by atoms with Gasteiger partial charge in [-0.3, -0.25) is 9.69 Å². The number of methoxy groups -OCH3 is 2. The first kappa shape index (κ1) is 20.4. The number of rotatable bonds is 7. The molecule has 0 saturated carbocycles. The van der Waals surface area contributed by atoms with Crippen LogP contribution in [-0.2, 0) is 30.7 Å². The normalized spacial score (nSPS) is 13.5. The van der Waals surface area contributed by atoms with Gasteiger partial charge in [0, 0.05) is 25.0 Å². The van der Waals surface area contributed by atoms with Crippen molar-refractivity contribution < 1.29 is 14.3 Å². The number of amides is 1. The second-order valence-corrected chi connectivity index (χ2v) is 8.15. The van der Waals surface area contributed by atoms with E-state index >= 15 is 0 Å². The van der Waals surface area contributed by atoms with Crippen molar-refractivity contribution in [1.82, 2.24) is 9.88 Å². The maximum absolute atomic E-state index is 12.4. The van der Waals surface area contributed by atoms with Gasteiger partial charge < -0.3 is 14.8 Å². The third-order valence-electron chi connectivity index (χ3n) is 5.21. The van der Waals surface area contributed by atoms with Gasteiger partial charge in [0.2, 0.25) is 5.91 Å². The van der Waals surface area contributed by atoms with Crippen LogP contribution < -0.4 is 14.8 Å². The molecule has 7 heteroatoms. The lowest BCUT2D eigenvalue weighted by atomic mass is 10.00. The number of carbonyl (C=O) groups is 1. The molecule has 3 aromatic rings. The number of benzene rings is 2. The molecule has 6 nitrogen and oxygen atoms in total. The molecular weight excluding hydrogens is 398 g/mol. The molecule has 156 valence electrons. The summed E-state index contributed by atoms with van der Waals surface area (Å²) in [7, 11) is 3.17. The number of fused-ring (bicyclic) bond motifs is 1. The Morgan fingerprint density at radius 3 is 2.73 bits per heavy atom. The fraction of sp³-hybridized carbons (Fsp3) is 0.304. The monoisotopic (exact) mass is 423 g/mol. The lowest BCUT2D eigenvalue weighted by Gasteiger charge is -2.27. The van der Waals surface area contributed by atoms with Crippen molar-refractivity contribution in [3.8, 4) is 11.5 Å². The van der Waals surface area contributed by atoms with E-state index in [0.29, 0.717) is 16.6 Å². The summed E-state index contributed by atoms with van der Waals surface area (Å²) in [6.07, 6.45) is 1.31. The Kier molecular flexibility index (Phi) is 6.30. The van der Waals surface area contributed by atoms with Crippen LogP contribution in [-0.4, -0.2) is 36.6 Å². The van der Waals surface area contributed by atoms with Gasteiger partial charge >= 0.3 is 0 Å². The average molecular weight is 424 g/mol. The van der Waals surface area contributed by atoms with Crippen molar-refractivity contribution >= 4 is 22.4 Å². The summed E-state index contributed by atoms with van der Waals surface area (Å²) in [6, 6.07) is 14.1. The highest BCUT2D eigenvalue weighted by Crippen LogP contribution is 2.28. The summed E-state index contributed by atoms with van der Waals surface area (Å²) < 4.78 is 10.5. The van der Waals surface area contributed by atoms with Gasteiger partial charge in [-0.2, -0.15) is 0 Å². The summed E-state index contributed by atoms with van der Waals surface area (Å²) in [4.78, 5) is 19.4. The van der Waals surface area contributed by atoms with Gasteiger partial charge in [0.15, 0.2) is 16.6 Å². The molecule has 0 atom stereocenters. The van der Waals surface area contributed by atoms with E-state index in [2.05, 4.69) is 39.5 Å². The number of thiazole rings is 1. The number of nitrogens with zero attached hydrogens (tertiary/aromatic N) is 2. The number of carbonyl (C=O) groups excluding carboxylic acids is 1. The largest absolute Gasteiger partial charge is 0.493 e. The van der Waals surface area contributed by atoms with Crippen LogP contribution in [0.2, 0.25) is 0 Å². The molecule has 30 heavy (non-hydrogen) atoms. The molecule has 1 amide bonds. The molecule has 2 aromatic carbocycles. The van der Waals surface area contributed by atoms with Crippen molar-refractivity contribution in [2.45, 2.75) is 25.9 Å². The summed E-state index contributed by atoms with van der Waals surface area (Å²) in [5, 5.41) is 5.56. The average Bonchev–Trinajstić information content (AvgIpc) is 3.19. The predicted molar refractivity (Wildman–Crippen MR) is 118 cm³/mol. The van der Waals surface area contributed by atoms with E-state index in [-0.39, 0.29) is 12.3 Å². The summed E-state index contributed by atoms with van der Waals surface area (Å²) in [5.74, 6) is 1.16. The maximum atomic E-state index is 12.4. The van der Waals surface area contributed by atoms with Crippen molar-refractivity contribution in [2.24, 2.45) is 0 Å².